The third-order valence-electron chi connectivity index (χ3n) is 10.2. The van der Waals surface area contributed by atoms with Gasteiger partial charge in [-0.1, -0.05) is 18.2 Å². The molecule has 12 nitrogen and oxygen atoms in total. The number of nitrogens with one attached hydrogen (secondary N) is 1. The highest BCUT2D eigenvalue weighted by molar-refractivity contribution is 5.98. The van der Waals surface area contributed by atoms with Crippen LogP contribution in [0, 0.1) is 5.41 Å². The maximum absolute atomic E-state index is 13.8. The molecule has 304 valence electrons. The van der Waals surface area contributed by atoms with Gasteiger partial charge in [-0.3, -0.25) is 4.79 Å². The van der Waals surface area contributed by atoms with Gasteiger partial charge in [0.05, 0.1) is 24.9 Å². The molecule has 3 aliphatic heterocycles. The third kappa shape index (κ3) is 12.7. The Morgan fingerprint density at radius 1 is 0.893 bits per heavy atom. The van der Waals surface area contributed by atoms with Gasteiger partial charge in [-0.15, -0.1) is 0 Å². The summed E-state index contributed by atoms with van der Waals surface area (Å²) in [5.41, 5.74) is 2.23. The van der Waals surface area contributed by atoms with Crippen molar-refractivity contribution in [3.8, 4) is 17.5 Å². The number of likely N-dealkylation sites (tertiary alicyclic amines) is 1. The zero-order valence-corrected chi connectivity index (χ0v) is 32.4. The van der Waals surface area contributed by atoms with Gasteiger partial charge in [0.1, 0.15) is 17.3 Å². The van der Waals surface area contributed by atoms with Gasteiger partial charge in [0.15, 0.2) is 12.4 Å². The number of alkyl halides is 3. The van der Waals surface area contributed by atoms with E-state index in [4.69, 9.17) is 18.9 Å². The Kier molecular flexibility index (Phi) is 13.9. The molecule has 4 heterocycles. The zero-order chi connectivity index (χ0) is 39.5. The van der Waals surface area contributed by atoms with Crippen molar-refractivity contribution in [1.82, 2.24) is 24.8 Å². The molecule has 7 rings (SSSR count). The highest BCUT2D eigenvalue weighted by Gasteiger charge is 2.44. The first-order valence-electron chi connectivity index (χ1n) is 19.8. The quantitative estimate of drug-likeness (QED) is 0.215. The molecule has 0 radical (unpaired) electrons. The SMILES string of the molecule is CC(C)OC(=O)N1CCCCOc2cc(ccc2C(=O)CCC2(CN3CCCC3)CC2)Cc2nc(nc(OCC(F)(F)F)n2)NCc2ccc(cc2)OCCC1. The number of carbonyl (C=O) groups excluding carboxylic acids is 2. The van der Waals surface area contributed by atoms with E-state index in [0.29, 0.717) is 74.6 Å². The highest BCUT2D eigenvalue weighted by Crippen LogP contribution is 2.51. The number of halogens is 3. The Balaban J connectivity index is 1.23. The van der Waals surface area contributed by atoms with E-state index in [2.05, 4.69) is 25.2 Å². The third-order valence-corrected chi connectivity index (χ3v) is 10.2. The van der Waals surface area contributed by atoms with Crippen LogP contribution in [0.4, 0.5) is 23.9 Å². The summed E-state index contributed by atoms with van der Waals surface area (Å²) in [5.74, 6) is 1.31. The lowest BCUT2D eigenvalue weighted by Gasteiger charge is -2.23. The number of ketones is 1. The van der Waals surface area contributed by atoms with Gasteiger partial charge < -0.3 is 34.1 Å². The average molecular weight is 783 g/mol. The van der Waals surface area contributed by atoms with Crippen LogP contribution in [0.2, 0.25) is 0 Å². The first-order chi connectivity index (χ1) is 26.9. The molecular weight excluding hydrogens is 729 g/mol. The molecule has 1 saturated carbocycles. The van der Waals surface area contributed by atoms with Crippen LogP contribution in [0.3, 0.4) is 0 Å². The minimum atomic E-state index is -4.58. The average Bonchev–Trinajstić information content (AvgIpc) is 3.73. The van der Waals surface area contributed by atoms with E-state index in [0.717, 1.165) is 44.5 Å². The second-order valence-electron chi connectivity index (χ2n) is 15.4. The van der Waals surface area contributed by atoms with Crippen LogP contribution < -0.4 is 19.5 Å². The number of rotatable bonds is 9. The Morgan fingerprint density at radius 2 is 1.61 bits per heavy atom. The number of fused-ring (bicyclic) bond motifs is 12. The number of carbonyl (C=O) groups is 2. The van der Waals surface area contributed by atoms with Crippen molar-refractivity contribution < 1.29 is 41.7 Å². The molecule has 1 amide bonds. The molecule has 1 saturated heterocycles. The predicted molar refractivity (Wildman–Crippen MR) is 203 cm³/mol. The molecule has 4 aliphatic rings. The van der Waals surface area contributed by atoms with Crippen molar-refractivity contribution in [3.05, 3.63) is 65.0 Å². The maximum Gasteiger partial charge on any atom is 0.422 e. The number of nitrogens with zero attached hydrogens (tertiary/aromatic N) is 5. The van der Waals surface area contributed by atoms with Gasteiger partial charge in [0, 0.05) is 39.0 Å². The van der Waals surface area contributed by atoms with Crippen LogP contribution in [0.5, 0.6) is 17.5 Å². The van der Waals surface area contributed by atoms with E-state index in [1.165, 1.54) is 12.8 Å². The monoisotopic (exact) mass is 782 g/mol. The standard InChI is InChI=1S/C41H53F3N6O6/c1-29(2)56-39(52)50-20-5-6-22-54-35-24-31(10-13-33(35)34(51)14-15-40(16-17-40)27-49-18-3-4-19-49)25-36-46-37(48-38(47-36)55-28-41(42,43)44)45-26-30-8-11-32(12-9-30)53-23-7-21-50/h8-13,24,29H,3-7,14-23,25-28H2,1-2H3,(H,45,46,47,48). The normalized spacial score (nSPS) is 18.1. The highest BCUT2D eigenvalue weighted by atomic mass is 19.4. The molecule has 56 heavy (non-hydrogen) atoms. The van der Waals surface area contributed by atoms with E-state index in [1.54, 1.807) is 23.1 Å². The van der Waals surface area contributed by atoms with Gasteiger partial charge in [-0.05, 0) is 119 Å². The summed E-state index contributed by atoms with van der Waals surface area (Å²) in [7, 11) is 0. The Hall–Kier alpha value is -4.66. The maximum atomic E-state index is 13.8. The summed E-state index contributed by atoms with van der Waals surface area (Å²) in [6.07, 6.45) is 2.69. The van der Waals surface area contributed by atoms with Crippen LogP contribution in [0.25, 0.3) is 0 Å². The van der Waals surface area contributed by atoms with Crippen molar-refractivity contribution >= 4 is 17.8 Å². The summed E-state index contributed by atoms with van der Waals surface area (Å²) in [5, 5.41) is 3.07. The minimum Gasteiger partial charge on any atom is -0.494 e. The van der Waals surface area contributed by atoms with Gasteiger partial charge in [-0.2, -0.15) is 28.1 Å². The largest absolute Gasteiger partial charge is 0.494 e. The van der Waals surface area contributed by atoms with Crippen LogP contribution in [0.15, 0.2) is 42.5 Å². The summed E-state index contributed by atoms with van der Waals surface area (Å²) in [4.78, 5) is 43.8. The number of ether oxygens (including phenoxy) is 4. The Labute approximate surface area is 326 Å². The molecule has 3 aromatic rings. The van der Waals surface area contributed by atoms with E-state index in [9.17, 15) is 22.8 Å². The Morgan fingerprint density at radius 3 is 2.34 bits per heavy atom. The summed E-state index contributed by atoms with van der Waals surface area (Å²) >= 11 is 0. The molecular formula is C41H53F3N6O6. The number of benzene rings is 2. The lowest BCUT2D eigenvalue weighted by atomic mass is 9.94. The number of Topliss-reactive ketones (excluding diaryl/α,β-unsaturated/α-hetero) is 1. The van der Waals surface area contributed by atoms with Crippen molar-refractivity contribution in [2.24, 2.45) is 5.41 Å². The first-order valence-corrected chi connectivity index (χ1v) is 19.8. The Bertz CT molecular complexity index is 1770. The molecule has 6 bridgehead atoms. The molecule has 2 fully saturated rings. The first kappa shape index (κ1) is 41.0. The van der Waals surface area contributed by atoms with Crippen molar-refractivity contribution in [1.29, 1.82) is 0 Å². The predicted octanol–water partition coefficient (Wildman–Crippen LogP) is 7.64. The number of anilines is 1. The number of hydrogen-bond acceptors (Lipinski definition) is 11. The fourth-order valence-electron chi connectivity index (χ4n) is 7.06. The molecule has 0 atom stereocenters. The van der Waals surface area contributed by atoms with E-state index >= 15 is 0 Å². The van der Waals surface area contributed by atoms with Crippen molar-refractivity contribution in [3.63, 3.8) is 0 Å². The molecule has 15 heteroatoms. The molecule has 1 aromatic heterocycles. The van der Waals surface area contributed by atoms with Crippen molar-refractivity contribution in [2.75, 3.05) is 57.9 Å². The van der Waals surface area contributed by atoms with Gasteiger partial charge in [0.2, 0.25) is 5.95 Å². The van der Waals surface area contributed by atoms with E-state index in [1.807, 2.05) is 38.1 Å². The lowest BCUT2D eigenvalue weighted by molar-refractivity contribution is -0.154. The minimum absolute atomic E-state index is 0.00355. The van der Waals surface area contributed by atoms with Crippen LogP contribution >= 0.6 is 0 Å². The molecule has 1 N–H and O–H groups in total. The molecule has 0 unspecified atom stereocenters. The zero-order valence-electron chi connectivity index (χ0n) is 32.4. The van der Waals surface area contributed by atoms with Crippen LogP contribution in [0.1, 0.15) is 98.9 Å². The molecule has 2 aromatic carbocycles. The van der Waals surface area contributed by atoms with Crippen LogP contribution in [-0.2, 0) is 17.7 Å². The summed E-state index contributed by atoms with van der Waals surface area (Å²) in [6, 6.07) is 12.2. The lowest BCUT2D eigenvalue weighted by Crippen LogP contribution is -2.35. The second-order valence-corrected chi connectivity index (χ2v) is 15.4. The summed E-state index contributed by atoms with van der Waals surface area (Å²) < 4.78 is 62.0. The number of amides is 1. The molecule has 1 aliphatic carbocycles. The molecule has 0 spiro atoms. The number of aromatic nitrogens is 3. The smallest absolute Gasteiger partial charge is 0.422 e. The fourth-order valence-corrected chi connectivity index (χ4v) is 7.06. The van der Waals surface area contributed by atoms with Crippen LogP contribution in [-0.4, -0.2) is 101 Å². The fraction of sp³-hybridized carbons (Fsp3) is 0.585. The van der Waals surface area contributed by atoms with Gasteiger partial charge >= 0.3 is 18.3 Å². The van der Waals surface area contributed by atoms with E-state index in [-0.39, 0.29) is 48.1 Å². The van der Waals surface area contributed by atoms with Gasteiger partial charge in [-0.25, -0.2) is 4.79 Å². The van der Waals surface area contributed by atoms with Crippen molar-refractivity contribution in [2.45, 2.75) is 96.9 Å². The van der Waals surface area contributed by atoms with Gasteiger partial charge in [0.25, 0.3) is 0 Å². The van der Waals surface area contributed by atoms with E-state index < -0.39 is 18.8 Å². The number of hydrogen-bond donors (Lipinski definition) is 1. The summed E-state index contributed by atoms with van der Waals surface area (Å²) in [6.45, 7) is 7.24. The second kappa shape index (κ2) is 19.0. The topological polar surface area (TPSA) is 128 Å².